The van der Waals surface area contributed by atoms with Gasteiger partial charge in [0.05, 0.1) is 4.90 Å². The monoisotopic (exact) mass is 492 g/mol. The lowest BCUT2D eigenvalue weighted by Crippen LogP contribution is -2.45. The number of anilines is 1. The van der Waals surface area contributed by atoms with E-state index in [0.29, 0.717) is 18.7 Å². The first-order valence-electron chi connectivity index (χ1n) is 10.4. The molecule has 1 aromatic heterocycles. The number of carbonyl (C=O) groups excluding carboxylic acids is 1. The number of nitrogens with zero attached hydrogens (tertiary/aromatic N) is 2. The second-order valence-corrected chi connectivity index (χ2v) is 11.7. The van der Waals surface area contributed by atoms with Crippen molar-refractivity contribution in [1.82, 2.24) is 14.6 Å². The summed E-state index contributed by atoms with van der Waals surface area (Å²) in [6.45, 7) is 6.76. The number of sulfonamides is 1. The van der Waals surface area contributed by atoms with E-state index in [0.717, 1.165) is 11.1 Å². The van der Waals surface area contributed by atoms with Crippen LogP contribution in [0.1, 0.15) is 31.9 Å². The van der Waals surface area contributed by atoms with Gasteiger partial charge in [0.15, 0.2) is 0 Å². The van der Waals surface area contributed by atoms with Crippen molar-refractivity contribution in [3.63, 3.8) is 0 Å². The van der Waals surface area contributed by atoms with Crippen molar-refractivity contribution in [3.8, 4) is 0 Å². The van der Waals surface area contributed by atoms with Crippen LogP contribution in [0.3, 0.4) is 0 Å². The number of nitrogens with one attached hydrogen (secondary N) is 2. The van der Waals surface area contributed by atoms with Crippen LogP contribution in [0.2, 0.25) is 0 Å². The number of thioether (sulfide) groups is 1. The number of hydrogen-bond acceptors (Lipinski definition) is 6. The number of rotatable bonds is 7. The van der Waals surface area contributed by atoms with Crippen molar-refractivity contribution in [1.29, 1.82) is 0 Å². The molecule has 3 N–H and O–H groups in total. The summed E-state index contributed by atoms with van der Waals surface area (Å²) in [4.78, 5) is 27.6. The number of amides is 2. The van der Waals surface area contributed by atoms with Gasteiger partial charge in [-0.25, -0.2) is 18.2 Å². The van der Waals surface area contributed by atoms with Gasteiger partial charge in [0.25, 0.3) is 0 Å². The Bertz CT molecular complexity index is 1100. The number of benzene rings is 1. The first kappa shape index (κ1) is 25.0. The molecule has 2 heterocycles. The van der Waals surface area contributed by atoms with E-state index < -0.39 is 21.5 Å². The Morgan fingerprint density at radius 2 is 1.88 bits per heavy atom. The summed E-state index contributed by atoms with van der Waals surface area (Å²) in [6, 6.07) is 10.1. The predicted molar refractivity (Wildman–Crippen MR) is 128 cm³/mol. The molecule has 1 saturated heterocycles. The lowest BCUT2D eigenvalue weighted by atomic mass is 9.87. The van der Waals surface area contributed by atoms with Crippen LogP contribution < -0.4 is 10.6 Å². The first-order chi connectivity index (χ1) is 15.5. The van der Waals surface area contributed by atoms with Gasteiger partial charge in [-0.05, 0) is 41.2 Å². The van der Waals surface area contributed by atoms with Gasteiger partial charge in [-0.15, -0.1) is 11.8 Å². The quantitative estimate of drug-likeness (QED) is 0.542. The molecule has 2 amide bonds. The van der Waals surface area contributed by atoms with E-state index in [1.807, 2.05) is 12.1 Å². The molecule has 1 aliphatic rings. The van der Waals surface area contributed by atoms with Crippen molar-refractivity contribution >= 4 is 39.6 Å². The molecule has 1 fully saturated rings. The molecule has 3 rings (SSSR count). The Morgan fingerprint density at radius 1 is 1.18 bits per heavy atom. The second kappa shape index (κ2) is 10.1. The number of aromatic nitrogens is 1. The number of hydrogen-bond donors (Lipinski definition) is 3. The molecule has 178 valence electrons. The van der Waals surface area contributed by atoms with Crippen LogP contribution in [0.4, 0.5) is 10.6 Å². The van der Waals surface area contributed by atoms with Crippen molar-refractivity contribution < 1.29 is 23.1 Å². The molecule has 1 aliphatic heterocycles. The van der Waals surface area contributed by atoms with Crippen LogP contribution >= 0.6 is 11.8 Å². The van der Waals surface area contributed by atoms with E-state index in [4.69, 9.17) is 5.11 Å². The summed E-state index contributed by atoms with van der Waals surface area (Å²) >= 11 is 1.30. The van der Waals surface area contributed by atoms with Crippen LogP contribution in [0.25, 0.3) is 0 Å². The molecule has 0 saturated carbocycles. The fourth-order valence-electron chi connectivity index (χ4n) is 3.34. The molecule has 0 bridgehead atoms. The number of carboxylic acid groups (broad SMARTS) is 1. The highest BCUT2D eigenvalue weighted by Gasteiger charge is 2.40. The summed E-state index contributed by atoms with van der Waals surface area (Å²) in [5.41, 5.74) is 1.76. The lowest BCUT2D eigenvalue weighted by molar-refractivity contribution is -0.122. The van der Waals surface area contributed by atoms with Gasteiger partial charge in [0, 0.05) is 25.0 Å². The third kappa shape index (κ3) is 6.24. The second-order valence-electron chi connectivity index (χ2n) is 8.64. The van der Waals surface area contributed by atoms with E-state index in [1.54, 1.807) is 18.2 Å². The zero-order chi connectivity index (χ0) is 24.2. The molecule has 9 nitrogen and oxygen atoms in total. The fraction of sp³-hybridized carbons (Fsp3) is 0.409. The molecule has 11 heteroatoms. The van der Waals surface area contributed by atoms with Crippen molar-refractivity contribution in [3.05, 3.63) is 53.7 Å². The largest absolute Gasteiger partial charge is 0.465 e. The molecular weight excluding hydrogens is 464 g/mol. The molecule has 0 radical (unpaired) electrons. The summed E-state index contributed by atoms with van der Waals surface area (Å²) in [6.07, 6.45) is 0.811. The molecule has 1 unspecified atom stereocenters. The molecule has 0 spiro atoms. The average molecular weight is 493 g/mol. The van der Waals surface area contributed by atoms with Gasteiger partial charge in [0.2, 0.25) is 15.9 Å². The van der Waals surface area contributed by atoms with E-state index in [-0.39, 0.29) is 28.6 Å². The van der Waals surface area contributed by atoms with Gasteiger partial charge in [0.1, 0.15) is 11.2 Å². The highest BCUT2D eigenvalue weighted by Crippen LogP contribution is 2.31. The summed E-state index contributed by atoms with van der Waals surface area (Å²) in [5, 5.41) is 12.8. The molecule has 1 atom stereocenters. The minimum absolute atomic E-state index is 0.0865. The molecular formula is C22H28N4O5S2. The Hall–Kier alpha value is -2.63. The average Bonchev–Trinajstić information content (AvgIpc) is 3.25. The van der Waals surface area contributed by atoms with Gasteiger partial charge >= 0.3 is 6.09 Å². The van der Waals surface area contributed by atoms with Crippen LogP contribution in [-0.2, 0) is 26.7 Å². The minimum atomic E-state index is -3.80. The minimum Gasteiger partial charge on any atom is -0.465 e. The van der Waals surface area contributed by atoms with E-state index in [9.17, 15) is 18.0 Å². The molecule has 33 heavy (non-hydrogen) atoms. The van der Waals surface area contributed by atoms with Gasteiger partial charge in [-0.1, -0.05) is 39.0 Å². The zero-order valence-corrected chi connectivity index (χ0v) is 20.4. The van der Waals surface area contributed by atoms with Crippen LogP contribution in [-0.4, -0.2) is 59.0 Å². The first-order valence-corrected chi connectivity index (χ1v) is 12.9. The standard InChI is InChI=1S/C22H28N4O5S2/c1-22(2,3)16-5-7-17(8-6-16)33(30,31)26-12-13-32-20(26)19(27)23-11-10-15-4-9-18(24-14-15)25-21(28)29/h4-9,14,20H,10-13H2,1-3H3,(H,23,27)(H,24,25)(H,28,29). The van der Waals surface area contributed by atoms with Crippen molar-refractivity contribution in [2.75, 3.05) is 24.2 Å². The third-order valence-electron chi connectivity index (χ3n) is 5.17. The van der Waals surface area contributed by atoms with Crippen molar-refractivity contribution in [2.24, 2.45) is 0 Å². The molecule has 0 aliphatic carbocycles. The Kier molecular flexibility index (Phi) is 7.65. The Labute approximate surface area is 198 Å². The lowest BCUT2D eigenvalue weighted by Gasteiger charge is -2.23. The maximum absolute atomic E-state index is 13.2. The van der Waals surface area contributed by atoms with E-state index >= 15 is 0 Å². The van der Waals surface area contributed by atoms with E-state index in [2.05, 4.69) is 36.4 Å². The normalized spacial score (nSPS) is 17.0. The smallest absolute Gasteiger partial charge is 0.410 e. The highest BCUT2D eigenvalue weighted by atomic mass is 32.2. The Morgan fingerprint density at radius 3 is 2.45 bits per heavy atom. The third-order valence-corrected chi connectivity index (χ3v) is 8.39. The highest BCUT2D eigenvalue weighted by molar-refractivity contribution is 8.02. The number of pyridine rings is 1. The topological polar surface area (TPSA) is 129 Å². The zero-order valence-electron chi connectivity index (χ0n) is 18.7. The summed E-state index contributed by atoms with van der Waals surface area (Å²) < 4.78 is 27.6. The van der Waals surface area contributed by atoms with Crippen LogP contribution in [0, 0.1) is 0 Å². The summed E-state index contributed by atoms with van der Waals surface area (Å²) in [5.74, 6) is 0.401. The van der Waals surface area contributed by atoms with Crippen molar-refractivity contribution in [2.45, 2.75) is 42.9 Å². The fourth-order valence-corrected chi connectivity index (χ4v) is 6.44. The maximum Gasteiger partial charge on any atom is 0.410 e. The van der Waals surface area contributed by atoms with E-state index in [1.165, 1.54) is 28.3 Å². The van der Waals surface area contributed by atoms with Gasteiger partial charge in [-0.2, -0.15) is 4.31 Å². The SMILES string of the molecule is CC(C)(C)c1ccc(S(=O)(=O)N2CCSC2C(=O)NCCc2ccc(NC(=O)O)nc2)cc1. The summed E-state index contributed by atoms with van der Waals surface area (Å²) in [7, 11) is -3.80. The molecule has 2 aromatic rings. The molecule has 1 aromatic carbocycles. The van der Waals surface area contributed by atoms with Gasteiger partial charge < -0.3 is 10.4 Å². The van der Waals surface area contributed by atoms with Crippen LogP contribution in [0.5, 0.6) is 0 Å². The maximum atomic E-state index is 13.2. The predicted octanol–water partition coefficient (Wildman–Crippen LogP) is 2.89. The Balaban J connectivity index is 1.61. The number of carbonyl (C=O) groups is 2. The van der Waals surface area contributed by atoms with Crippen LogP contribution in [0.15, 0.2) is 47.5 Å². The van der Waals surface area contributed by atoms with Gasteiger partial charge in [-0.3, -0.25) is 10.1 Å².